The summed E-state index contributed by atoms with van der Waals surface area (Å²) in [4.78, 5) is 10.0. The van der Waals surface area contributed by atoms with Gasteiger partial charge < -0.3 is 4.74 Å². The van der Waals surface area contributed by atoms with Gasteiger partial charge in [-0.25, -0.2) is 12.8 Å². The Balaban J connectivity index is 2.35. The second-order valence-corrected chi connectivity index (χ2v) is 7.25. The second kappa shape index (κ2) is 8.14. The van der Waals surface area contributed by atoms with Crippen LogP contribution in [0.1, 0.15) is 25.7 Å². The smallest absolute Gasteiger partial charge is 0.314 e. The second-order valence-electron chi connectivity index (χ2n) is 4.35. The molecule has 0 unspecified atom stereocenters. The Morgan fingerprint density at radius 2 is 1.90 bits per heavy atom. The lowest BCUT2D eigenvalue weighted by Gasteiger charge is -2.07. The van der Waals surface area contributed by atoms with Crippen LogP contribution in [0.5, 0.6) is 5.75 Å². The summed E-state index contributed by atoms with van der Waals surface area (Å²) in [6, 6.07) is 3.50. The lowest BCUT2D eigenvalue weighted by Crippen LogP contribution is -2.03. The quantitative estimate of drug-likeness (QED) is 0.298. The van der Waals surface area contributed by atoms with Crippen molar-refractivity contribution in [1.29, 1.82) is 0 Å². The Labute approximate surface area is 126 Å². The molecule has 0 aliphatic carbocycles. The van der Waals surface area contributed by atoms with Crippen LogP contribution in [0.4, 0.5) is 10.1 Å². The molecular formula is C12H15ClFNO5S. The summed E-state index contributed by atoms with van der Waals surface area (Å²) < 4.78 is 39.9. The molecule has 0 saturated heterocycles. The van der Waals surface area contributed by atoms with Crippen LogP contribution in [-0.4, -0.2) is 25.7 Å². The SMILES string of the molecule is O=[N+]([O-])c1cccc(F)c1OCCCCCCS(=O)(=O)Cl. The van der Waals surface area contributed by atoms with Gasteiger partial charge in [0.25, 0.3) is 0 Å². The number of hydrogen-bond acceptors (Lipinski definition) is 5. The monoisotopic (exact) mass is 339 g/mol. The fourth-order valence-corrected chi connectivity index (χ4v) is 2.56. The molecule has 0 aliphatic heterocycles. The van der Waals surface area contributed by atoms with Gasteiger partial charge in [0.2, 0.25) is 14.8 Å². The Hall–Kier alpha value is -1.41. The molecule has 0 aliphatic rings. The van der Waals surface area contributed by atoms with Crippen LogP contribution in [0.3, 0.4) is 0 Å². The topological polar surface area (TPSA) is 86.5 Å². The van der Waals surface area contributed by atoms with Gasteiger partial charge in [-0.1, -0.05) is 18.9 Å². The zero-order valence-corrected chi connectivity index (χ0v) is 12.7. The third kappa shape index (κ3) is 6.72. The van der Waals surface area contributed by atoms with E-state index in [-0.39, 0.29) is 18.1 Å². The molecule has 0 bridgehead atoms. The van der Waals surface area contributed by atoms with Gasteiger partial charge in [-0.05, 0) is 18.9 Å². The van der Waals surface area contributed by atoms with E-state index in [0.29, 0.717) is 25.7 Å². The molecule has 0 saturated carbocycles. The van der Waals surface area contributed by atoms with Crippen LogP contribution in [-0.2, 0) is 9.05 Å². The Morgan fingerprint density at radius 3 is 2.52 bits per heavy atom. The number of hydrogen-bond donors (Lipinski definition) is 0. The maximum Gasteiger partial charge on any atom is 0.314 e. The molecule has 21 heavy (non-hydrogen) atoms. The first kappa shape index (κ1) is 17.6. The van der Waals surface area contributed by atoms with E-state index in [4.69, 9.17) is 15.4 Å². The van der Waals surface area contributed by atoms with Gasteiger partial charge in [-0.3, -0.25) is 10.1 Å². The number of unbranched alkanes of at least 4 members (excludes halogenated alkanes) is 3. The van der Waals surface area contributed by atoms with Crippen molar-refractivity contribution >= 4 is 25.4 Å². The lowest BCUT2D eigenvalue weighted by molar-refractivity contribution is -0.386. The molecule has 6 nitrogen and oxygen atoms in total. The molecule has 1 aromatic rings. The molecule has 0 heterocycles. The van der Waals surface area contributed by atoms with Gasteiger partial charge in [0, 0.05) is 16.7 Å². The number of halogens is 2. The van der Waals surface area contributed by atoms with Crippen LogP contribution in [0.25, 0.3) is 0 Å². The molecule has 1 aromatic carbocycles. The van der Waals surface area contributed by atoms with Gasteiger partial charge >= 0.3 is 5.69 Å². The Kier molecular flexibility index (Phi) is 6.83. The molecule has 0 atom stereocenters. The normalized spacial score (nSPS) is 11.3. The molecular weight excluding hydrogens is 325 g/mol. The third-order valence-corrected chi connectivity index (χ3v) is 3.91. The fourth-order valence-electron chi connectivity index (χ4n) is 1.69. The molecule has 0 amide bonds. The van der Waals surface area contributed by atoms with Crippen molar-refractivity contribution < 1.29 is 22.5 Å². The molecule has 1 rings (SSSR count). The number of nitro groups is 1. The average Bonchev–Trinajstić information content (AvgIpc) is 2.37. The summed E-state index contributed by atoms with van der Waals surface area (Å²) in [5.41, 5.74) is -0.414. The lowest BCUT2D eigenvalue weighted by atomic mass is 10.2. The van der Waals surface area contributed by atoms with E-state index in [1.807, 2.05) is 0 Å². The van der Waals surface area contributed by atoms with Crippen molar-refractivity contribution in [1.82, 2.24) is 0 Å². The summed E-state index contributed by atoms with van der Waals surface area (Å²) in [5, 5.41) is 10.7. The van der Waals surface area contributed by atoms with E-state index < -0.39 is 25.5 Å². The van der Waals surface area contributed by atoms with Gasteiger partial charge in [-0.15, -0.1) is 0 Å². The first-order valence-electron chi connectivity index (χ1n) is 6.29. The van der Waals surface area contributed by atoms with E-state index in [1.165, 1.54) is 12.1 Å². The van der Waals surface area contributed by atoms with Gasteiger partial charge in [0.15, 0.2) is 5.82 Å². The standard InChI is InChI=1S/C12H15ClFNO5S/c13-21(18,19)9-4-2-1-3-8-20-12-10(14)6-5-7-11(12)15(16)17/h5-7H,1-4,8-9H2. The zero-order chi connectivity index (χ0) is 15.9. The van der Waals surface area contributed by atoms with Crippen molar-refractivity contribution in [2.24, 2.45) is 0 Å². The molecule has 0 spiro atoms. The molecule has 118 valence electrons. The summed E-state index contributed by atoms with van der Waals surface area (Å²) >= 11 is 0. The summed E-state index contributed by atoms with van der Waals surface area (Å²) in [7, 11) is 1.60. The highest BCUT2D eigenvalue weighted by Gasteiger charge is 2.18. The van der Waals surface area contributed by atoms with Crippen LogP contribution in [0.2, 0.25) is 0 Å². The molecule has 0 radical (unpaired) electrons. The fraction of sp³-hybridized carbons (Fsp3) is 0.500. The van der Waals surface area contributed by atoms with Gasteiger partial charge in [-0.2, -0.15) is 0 Å². The van der Waals surface area contributed by atoms with Gasteiger partial charge in [0.05, 0.1) is 17.3 Å². The third-order valence-electron chi connectivity index (χ3n) is 2.67. The molecule has 0 fully saturated rings. The van der Waals surface area contributed by atoms with Crippen molar-refractivity contribution in [3.8, 4) is 5.75 Å². The molecule has 0 aromatic heterocycles. The van der Waals surface area contributed by atoms with Crippen LogP contribution in [0.15, 0.2) is 18.2 Å². The predicted octanol–water partition coefficient (Wildman–Crippen LogP) is 3.24. The van der Waals surface area contributed by atoms with Crippen molar-refractivity contribution in [2.45, 2.75) is 25.7 Å². The minimum Gasteiger partial charge on any atom is -0.485 e. The number of benzene rings is 1. The Morgan fingerprint density at radius 1 is 1.24 bits per heavy atom. The van der Waals surface area contributed by atoms with Crippen LogP contribution >= 0.6 is 10.7 Å². The van der Waals surface area contributed by atoms with E-state index in [2.05, 4.69) is 0 Å². The van der Waals surface area contributed by atoms with Crippen LogP contribution < -0.4 is 4.74 Å². The largest absolute Gasteiger partial charge is 0.485 e. The Bertz CT molecular complexity index is 593. The van der Waals surface area contributed by atoms with Crippen LogP contribution in [0, 0.1) is 15.9 Å². The van der Waals surface area contributed by atoms with Crippen molar-refractivity contribution in [3.63, 3.8) is 0 Å². The highest BCUT2D eigenvalue weighted by molar-refractivity contribution is 8.13. The number of para-hydroxylation sites is 1. The van der Waals surface area contributed by atoms with E-state index in [9.17, 15) is 22.9 Å². The number of rotatable bonds is 9. The zero-order valence-electron chi connectivity index (χ0n) is 11.1. The highest BCUT2D eigenvalue weighted by Crippen LogP contribution is 2.29. The van der Waals surface area contributed by atoms with Gasteiger partial charge in [0.1, 0.15) is 0 Å². The minimum absolute atomic E-state index is 0.0891. The highest BCUT2D eigenvalue weighted by atomic mass is 35.7. The molecule has 9 heteroatoms. The van der Waals surface area contributed by atoms with Crippen molar-refractivity contribution in [2.75, 3.05) is 12.4 Å². The maximum absolute atomic E-state index is 13.5. The predicted molar refractivity (Wildman–Crippen MR) is 76.7 cm³/mol. The first-order valence-corrected chi connectivity index (χ1v) is 8.77. The number of ether oxygens (including phenoxy) is 1. The average molecular weight is 340 g/mol. The van der Waals surface area contributed by atoms with E-state index in [1.54, 1.807) is 0 Å². The molecule has 0 N–H and O–H groups in total. The first-order chi connectivity index (χ1) is 9.81. The van der Waals surface area contributed by atoms with E-state index in [0.717, 1.165) is 6.07 Å². The minimum atomic E-state index is -3.46. The maximum atomic E-state index is 13.5. The van der Waals surface area contributed by atoms with Crippen molar-refractivity contribution in [3.05, 3.63) is 34.1 Å². The van der Waals surface area contributed by atoms with E-state index >= 15 is 0 Å². The number of nitro benzene ring substituents is 1. The summed E-state index contributed by atoms with van der Waals surface area (Å²) in [6.45, 7) is 0.120. The number of nitrogens with zero attached hydrogens (tertiary/aromatic N) is 1. The summed E-state index contributed by atoms with van der Waals surface area (Å²) in [5.74, 6) is -1.24. The summed E-state index contributed by atoms with van der Waals surface area (Å²) in [6.07, 6.45) is 2.27.